The molecule has 4 nitrogen and oxygen atoms in total. The molecule has 0 saturated heterocycles. The molecule has 0 spiro atoms. The molecular formula is C14H10BrN3O. The van der Waals surface area contributed by atoms with E-state index in [0.717, 1.165) is 15.7 Å². The molecule has 0 aliphatic heterocycles. The zero-order valence-corrected chi connectivity index (χ0v) is 11.5. The van der Waals surface area contributed by atoms with Crippen LogP contribution in [0.4, 0.5) is 5.95 Å². The lowest BCUT2D eigenvalue weighted by atomic mass is 10.1. The van der Waals surface area contributed by atoms with Crippen LogP contribution in [-0.4, -0.2) is 9.97 Å². The maximum atomic E-state index is 5.76. The molecule has 3 aromatic rings. The third-order valence-corrected chi connectivity index (χ3v) is 3.19. The lowest BCUT2D eigenvalue weighted by molar-refractivity contribution is 0.580. The van der Waals surface area contributed by atoms with Gasteiger partial charge in [-0.3, -0.25) is 0 Å². The molecule has 5 heteroatoms. The monoisotopic (exact) mass is 315 g/mol. The molecule has 0 unspecified atom stereocenters. The first-order valence-corrected chi connectivity index (χ1v) is 6.46. The standard InChI is InChI=1S/C14H10BrN3O/c15-10-5-3-9(4-6-10)11-8-12(18-14(16)17-11)13-2-1-7-19-13/h1-8H,(H2,16,17,18). The molecule has 0 atom stereocenters. The van der Waals surface area contributed by atoms with Gasteiger partial charge in [-0.15, -0.1) is 0 Å². The van der Waals surface area contributed by atoms with E-state index in [-0.39, 0.29) is 5.95 Å². The molecule has 94 valence electrons. The smallest absolute Gasteiger partial charge is 0.221 e. The van der Waals surface area contributed by atoms with Gasteiger partial charge in [0, 0.05) is 10.0 Å². The third kappa shape index (κ3) is 2.51. The van der Waals surface area contributed by atoms with E-state index in [2.05, 4.69) is 25.9 Å². The van der Waals surface area contributed by atoms with Crippen LogP contribution in [0, 0.1) is 0 Å². The number of anilines is 1. The number of benzene rings is 1. The minimum Gasteiger partial charge on any atom is -0.463 e. The van der Waals surface area contributed by atoms with Crippen LogP contribution in [0.15, 0.2) is 57.6 Å². The van der Waals surface area contributed by atoms with Gasteiger partial charge in [0.15, 0.2) is 5.76 Å². The number of nitrogen functional groups attached to an aromatic ring is 1. The summed E-state index contributed by atoms with van der Waals surface area (Å²) in [5, 5.41) is 0. The van der Waals surface area contributed by atoms with Gasteiger partial charge in [0.2, 0.25) is 5.95 Å². The highest BCUT2D eigenvalue weighted by Gasteiger charge is 2.08. The van der Waals surface area contributed by atoms with Gasteiger partial charge in [-0.05, 0) is 30.3 Å². The highest BCUT2D eigenvalue weighted by atomic mass is 79.9. The highest BCUT2D eigenvalue weighted by Crippen LogP contribution is 2.25. The van der Waals surface area contributed by atoms with Crippen LogP contribution in [0.25, 0.3) is 22.7 Å². The van der Waals surface area contributed by atoms with Crippen molar-refractivity contribution in [1.29, 1.82) is 0 Å². The Morgan fingerprint density at radius 1 is 1.00 bits per heavy atom. The summed E-state index contributed by atoms with van der Waals surface area (Å²) in [4.78, 5) is 8.44. The average Bonchev–Trinajstić information content (AvgIpc) is 2.93. The van der Waals surface area contributed by atoms with E-state index in [4.69, 9.17) is 10.2 Å². The van der Waals surface area contributed by atoms with Gasteiger partial charge in [-0.25, -0.2) is 9.97 Å². The first kappa shape index (κ1) is 11.9. The molecule has 0 saturated carbocycles. The van der Waals surface area contributed by atoms with Crippen LogP contribution < -0.4 is 5.73 Å². The molecule has 1 aromatic carbocycles. The van der Waals surface area contributed by atoms with Crippen molar-refractivity contribution in [3.63, 3.8) is 0 Å². The Kier molecular flexibility index (Phi) is 3.05. The number of halogens is 1. The van der Waals surface area contributed by atoms with E-state index in [9.17, 15) is 0 Å². The van der Waals surface area contributed by atoms with Crippen LogP contribution in [0.3, 0.4) is 0 Å². The van der Waals surface area contributed by atoms with Gasteiger partial charge in [0.1, 0.15) is 5.69 Å². The molecule has 0 fully saturated rings. The highest BCUT2D eigenvalue weighted by molar-refractivity contribution is 9.10. The van der Waals surface area contributed by atoms with Gasteiger partial charge in [-0.1, -0.05) is 28.1 Å². The fourth-order valence-corrected chi connectivity index (χ4v) is 2.05. The lowest BCUT2D eigenvalue weighted by Gasteiger charge is -2.04. The molecule has 0 amide bonds. The minimum atomic E-state index is 0.229. The van der Waals surface area contributed by atoms with E-state index in [1.165, 1.54) is 0 Å². The summed E-state index contributed by atoms with van der Waals surface area (Å²) in [7, 11) is 0. The Morgan fingerprint density at radius 3 is 2.42 bits per heavy atom. The van der Waals surface area contributed by atoms with Crippen LogP contribution in [0.2, 0.25) is 0 Å². The average molecular weight is 316 g/mol. The lowest BCUT2D eigenvalue weighted by Crippen LogP contribution is -1.98. The van der Waals surface area contributed by atoms with Gasteiger partial charge in [0.05, 0.1) is 12.0 Å². The number of nitrogens with two attached hydrogens (primary N) is 1. The van der Waals surface area contributed by atoms with E-state index in [1.54, 1.807) is 6.26 Å². The van der Waals surface area contributed by atoms with Crippen molar-refractivity contribution >= 4 is 21.9 Å². The van der Waals surface area contributed by atoms with E-state index in [1.807, 2.05) is 42.5 Å². The summed E-state index contributed by atoms with van der Waals surface area (Å²) < 4.78 is 6.35. The zero-order chi connectivity index (χ0) is 13.2. The van der Waals surface area contributed by atoms with Crippen molar-refractivity contribution in [2.45, 2.75) is 0 Å². The summed E-state index contributed by atoms with van der Waals surface area (Å²) in [5.41, 5.74) is 8.18. The van der Waals surface area contributed by atoms with Gasteiger partial charge in [-0.2, -0.15) is 0 Å². The number of hydrogen-bond donors (Lipinski definition) is 1. The maximum absolute atomic E-state index is 5.76. The maximum Gasteiger partial charge on any atom is 0.221 e. The number of nitrogens with zero attached hydrogens (tertiary/aromatic N) is 2. The molecule has 0 aliphatic carbocycles. The predicted octanol–water partition coefficient (Wildman–Crippen LogP) is 3.75. The second-order valence-electron chi connectivity index (χ2n) is 3.98. The molecule has 2 aromatic heterocycles. The Hall–Kier alpha value is -2.14. The van der Waals surface area contributed by atoms with Crippen molar-refractivity contribution in [2.24, 2.45) is 0 Å². The second kappa shape index (κ2) is 4.85. The summed E-state index contributed by atoms with van der Waals surface area (Å²) >= 11 is 3.41. The second-order valence-corrected chi connectivity index (χ2v) is 4.90. The Bertz CT molecular complexity index is 693. The fourth-order valence-electron chi connectivity index (χ4n) is 1.78. The Balaban J connectivity index is 2.10. The first-order valence-electron chi connectivity index (χ1n) is 5.67. The van der Waals surface area contributed by atoms with Crippen LogP contribution >= 0.6 is 15.9 Å². The summed E-state index contributed by atoms with van der Waals surface area (Å²) in [6.07, 6.45) is 1.60. The topological polar surface area (TPSA) is 64.9 Å². The number of furan rings is 1. The van der Waals surface area contributed by atoms with Gasteiger partial charge in [0.25, 0.3) is 0 Å². The molecule has 2 heterocycles. The van der Waals surface area contributed by atoms with Gasteiger partial charge < -0.3 is 10.2 Å². The van der Waals surface area contributed by atoms with Crippen LogP contribution in [0.5, 0.6) is 0 Å². The molecule has 3 rings (SSSR count). The van der Waals surface area contributed by atoms with E-state index >= 15 is 0 Å². The van der Waals surface area contributed by atoms with Crippen LogP contribution in [-0.2, 0) is 0 Å². The third-order valence-electron chi connectivity index (χ3n) is 2.66. The summed E-state index contributed by atoms with van der Waals surface area (Å²) in [6.45, 7) is 0. The quantitative estimate of drug-likeness (QED) is 0.782. The summed E-state index contributed by atoms with van der Waals surface area (Å²) in [6, 6.07) is 13.4. The number of rotatable bonds is 2. The molecule has 19 heavy (non-hydrogen) atoms. The van der Waals surface area contributed by atoms with Crippen LogP contribution in [0.1, 0.15) is 0 Å². The van der Waals surface area contributed by atoms with Crippen molar-refractivity contribution in [1.82, 2.24) is 9.97 Å². The fraction of sp³-hybridized carbons (Fsp3) is 0. The Morgan fingerprint density at radius 2 is 1.74 bits per heavy atom. The minimum absolute atomic E-state index is 0.229. The zero-order valence-electron chi connectivity index (χ0n) is 9.88. The van der Waals surface area contributed by atoms with Crippen molar-refractivity contribution < 1.29 is 4.42 Å². The van der Waals surface area contributed by atoms with Crippen molar-refractivity contribution in [3.8, 4) is 22.7 Å². The number of aromatic nitrogens is 2. The Labute approximate surface area is 118 Å². The van der Waals surface area contributed by atoms with E-state index in [0.29, 0.717) is 11.5 Å². The summed E-state index contributed by atoms with van der Waals surface area (Å²) in [5.74, 6) is 0.902. The van der Waals surface area contributed by atoms with Crippen molar-refractivity contribution in [2.75, 3.05) is 5.73 Å². The SMILES string of the molecule is Nc1nc(-c2ccc(Br)cc2)cc(-c2ccco2)n1. The van der Waals surface area contributed by atoms with E-state index < -0.39 is 0 Å². The largest absolute Gasteiger partial charge is 0.463 e. The first-order chi connectivity index (χ1) is 9.22. The van der Waals surface area contributed by atoms with Crippen molar-refractivity contribution in [3.05, 3.63) is 53.2 Å². The molecule has 0 radical (unpaired) electrons. The molecule has 0 bridgehead atoms. The van der Waals surface area contributed by atoms with Gasteiger partial charge >= 0.3 is 0 Å². The molecule has 0 aliphatic rings. The molecule has 2 N–H and O–H groups in total. The molecular weight excluding hydrogens is 306 g/mol. The predicted molar refractivity (Wildman–Crippen MR) is 77.3 cm³/mol. The normalized spacial score (nSPS) is 10.6. The number of hydrogen-bond acceptors (Lipinski definition) is 4.